The number of hydrogen-bond acceptors (Lipinski definition) is 4. The van der Waals surface area contributed by atoms with E-state index in [9.17, 15) is 13.2 Å². The Morgan fingerprint density at radius 3 is 2.76 bits per heavy atom. The van der Waals surface area contributed by atoms with Crippen LogP contribution in [0.15, 0.2) is 0 Å². The summed E-state index contributed by atoms with van der Waals surface area (Å²) in [7, 11) is -3.09. The molecule has 1 heterocycles. The zero-order chi connectivity index (χ0) is 12.9. The predicted octanol–water partition coefficient (Wildman–Crippen LogP) is 1.37. The van der Waals surface area contributed by atoms with Crippen LogP contribution in [-0.4, -0.2) is 49.4 Å². The van der Waals surface area contributed by atoms with Gasteiger partial charge in [0.25, 0.3) is 0 Å². The molecule has 0 N–H and O–H groups in total. The van der Waals surface area contributed by atoms with Gasteiger partial charge in [0.1, 0.15) is 5.78 Å². The number of hydrogen-bond donors (Lipinski definition) is 0. The molecule has 0 saturated carbocycles. The molecule has 4 nitrogen and oxygen atoms in total. The fourth-order valence-corrected chi connectivity index (χ4v) is 3.58. The van der Waals surface area contributed by atoms with E-state index >= 15 is 0 Å². The molecule has 0 bridgehead atoms. The SMILES string of the molecule is CCSCC(=O)CC1CCCN(S(C)(=O)=O)C1. The topological polar surface area (TPSA) is 54.5 Å². The number of piperidine rings is 1. The highest BCUT2D eigenvalue weighted by molar-refractivity contribution is 7.99. The number of thioether (sulfide) groups is 1. The normalized spacial score (nSPS) is 22.6. The fourth-order valence-electron chi connectivity index (χ4n) is 2.09. The Bertz CT molecular complexity index is 354. The summed E-state index contributed by atoms with van der Waals surface area (Å²) >= 11 is 1.63. The molecule has 1 aliphatic rings. The molecule has 1 saturated heterocycles. The maximum absolute atomic E-state index is 11.6. The van der Waals surface area contributed by atoms with Gasteiger partial charge in [-0.1, -0.05) is 6.92 Å². The van der Waals surface area contributed by atoms with Gasteiger partial charge in [0.15, 0.2) is 0 Å². The molecule has 1 aliphatic heterocycles. The van der Waals surface area contributed by atoms with Crippen molar-refractivity contribution in [3.8, 4) is 0 Å². The van der Waals surface area contributed by atoms with Crippen molar-refractivity contribution in [3.63, 3.8) is 0 Å². The highest BCUT2D eigenvalue weighted by Crippen LogP contribution is 2.22. The molecule has 0 aromatic rings. The molecule has 100 valence electrons. The molecule has 17 heavy (non-hydrogen) atoms. The van der Waals surface area contributed by atoms with E-state index < -0.39 is 10.0 Å². The Labute approximate surface area is 108 Å². The third kappa shape index (κ3) is 5.40. The molecule has 0 radical (unpaired) electrons. The molecule has 0 spiro atoms. The summed E-state index contributed by atoms with van der Waals surface area (Å²) in [6, 6.07) is 0. The molecular weight excluding hydrogens is 258 g/mol. The molecule has 6 heteroatoms. The largest absolute Gasteiger partial charge is 0.299 e. The fraction of sp³-hybridized carbons (Fsp3) is 0.909. The molecular formula is C11H21NO3S2. The maximum atomic E-state index is 11.6. The van der Waals surface area contributed by atoms with E-state index in [0.29, 0.717) is 25.3 Å². The highest BCUT2D eigenvalue weighted by atomic mass is 32.2. The first-order valence-electron chi connectivity index (χ1n) is 5.98. The Morgan fingerprint density at radius 2 is 2.18 bits per heavy atom. The number of ketones is 1. The summed E-state index contributed by atoms with van der Waals surface area (Å²) in [5.41, 5.74) is 0. The Hall–Kier alpha value is -0.0700. The minimum atomic E-state index is -3.09. The first kappa shape index (κ1) is 15.0. The molecule has 0 amide bonds. The number of carbonyl (C=O) groups excluding carboxylic acids is 1. The molecule has 1 unspecified atom stereocenters. The lowest BCUT2D eigenvalue weighted by molar-refractivity contribution is -0.117. The summed E-state index contributed by atoms with van der Waals surface area (Å²) in [5, 5.41) is 0. The zero-order valence-corrected chi connectivity index (χ0v) is 12.1. The van der Waals surface area contributed by atoms with Crippen LogP contribution in [0.3, 0.4) is 0 Å². The van der Waals surface area contributed by atoms with Crippen molar-refractivity contribution in [1.82, 2.24) is 4.31 Å². The van der Waals surface area contributed by atoms with Crippen molar-refractivity contribution in [2.75, 3.05) is 30.9 Å². The third-order valence-corrected chi connectivity index (χ3v) is 5.14. The van der Waals surface area contributed by atoms with Gasteiger partial charge in [-0.2, -0.15) is 11.8 Å². The second kappa shape index (κ2) is 6.75. The first-order valence-corrected chi connectivity index (χ1v) is 8.98. The van der Waals surface area contributed by atoms with Crippen LogP contribution in [0.1, 0.15) is 26.2 Å². The van der Waals surface area contributed by atoms with Gasteiger partial charge in [-0.3, -0.25) is 4.79 Å². The number of rotatable bonds is 6. The second-order valence-corrected chi connectivity index (χ2v) is 7.77. The Balaban J connectivity index is 2.42. The number of sulfonamides is 1. The van der Waals surface area contributed by atoms with Gasteiger partial charge in [0, 0.05) is 19.5 Å². The van der Waals surface area contributed by atoms with Crippen LogP contribution in [-0.2, 0) is 14.8 Å². The smallest absolute Gasteiger partial charge is 0.211 e. The van der Waals surface area contributed by atoms with E-state index in [1.54, 1.807) is 11.8 Å². The van der Waals surface area contributed by atoms with E-state index in [1.165, 1.54) is 10.6 Å². The first-order chi connectivity index (χ1) is 7.93. The average molecular weight is 279 g/mol. The molecule has 0 aliphatic carbocycles. The standard InChI is InChI=1S/C11H21NO3S2/c1-3-16-9-11(13)7-10-5-4-6-12(8-10)17(2,14)15/h10H,3-9H2,1-2H3. The quantitative estimate of drug-likeness (QED) is 0.737. The van der Waals surface area contributed by atoms with Gasteiger partial charge in [-0.05, 0) is 24.5 Å². The lowest BCUT2D eigenvalue weighted by Crippen LogP contribution is -2.39. The summed E-state index contributed by atoms with van der Waals surface area (Å²) < 4.78 is 24.4. The average Bonchev–Trinajstić information content (AvgIpc) is 2.25. The number of nitrogens with zero attached hydrogens (tertiary/aromatic N) is 1. The van der Waals surface area contributed by atoms with Gasteiger partial charge in [0.2, 0.25) is 10.0 Å². The lowest BCUT2D eigenvalue weighted by Gasteiger charge is -2.30. The summed E-state index contributed by atoms with van der Waals surface area (Å²) in [5.74, 6) is 1.97. The summed E-state index contributed by atoms with van der Waals surface area (Å²) in [4.78, 5) is 11.6. The Morgan fingerprint density at radius 1 is 1.47 bits per heavy atom. The molecule has 1 fully saturated rings. The lowest BCUT2D eigenvalue weighted by atomic mass is 9.94. The van der Waals surface area contributed by atoms with Gasteiger partial charge >= 0.3 is 0 Å². The monoisotopic (exact) mass is 279 g/mol. The van der Waals surface area contributed by atoms with Crippen LogP contribution in [0.5, 0.6) is 0 Å². The van der Waals surface area contributed by atoms with Crippen LogP contribution in [0.25, 0.3) is 0 Å². The highest BCUT2D eigenvalue weighted by Gasteiger charge is 2.26. The molecule has 1 rings (SSSR count). The summed E-state index contributed by atoms with van der Waals surface area (Å²) in [6.07, 6.45) is 3.60. The van der Waals surface area contributed by atoms with Gasteiger partial charge in [-0.25, -0.2) is 12.7 Å². The maximum Gasteiger partial charge on any atom is 0.211 e. The Kier molecular flexibility index (Phi) is 5.95. The van der Waals surface area contributed by atoms with Gasteiger partial charge in [0.05, 0.1) is 12.0 Å². The van der Waals surface area contributed by atoms with E-state index in [2.05, 4.69) is 0 Å². The summed E-state index contributed by atoms with van der Waals surface area (Å²) in [6.45, 7) is 3.15. The van der Waals surface area contributed by atoms with E-state index in [0.717, 1.165) is 18.6 Å². The van der Waals surface area contributed by atoms with E-state index in [1.807, 2.05) is 6.92 Å². The molecule has 1 atom stereocenters. The van der Waals surface area contributed by atoms with Gasteiger partial charge in [-0.15, -0.1) is 0 Å². The van der Waals surface area contributed by atoms with Crippen molar-refractivity contribution >= 4 is 27.6 Å². The zero-order valence-electron chi connectivity index (χ0n) is 10.5. The number of Topliss-reactive ketones (excluding diaryl/α,β-unsaturated/α-hetero) is 1. The second-order valence-electron chi connectivity index (χ2n) is 4.51. The van der Waals surface area contributed by atoms with E-state index in [-0.39, 0.29) is 11.7 Å². The van der Waals surface area contributed by atoms with Crippen LogP contribution in [0.2, 0.25) is 0 Å². The molecule has 0 aromatic heterocycles. The third-order valence-electron chi connectivity index (χ3n) is 2.93. The minimum Gasteiger partial charge on any atom is -0.299 e. The van der Waals surface area contributed by atoms with Crippen LogP contribution >= 0.6 is 11.8 Å². The molecule has 0 aromatic carbocycles. The van der Waals surface area contributed by atoms with Crippen LogP contribution in [0, 0.1) is 5.92 Å². The van der Waals surface area contributed by atoms with Crippen molar-refractivity contribution in [1.29, 1.82) is 0 Å². The number of carbonyl (C=O) groups is 1. The predicted molar refractivity (Wildman–Crippen MR) is 71.8 cm³/mol. The van der Waals surface area contributed by atoms with Crippen LogP contribution < -0.4 is 0 Å². The van der Waals surface area contributed by atoms with Crippen molar-refractivity contribution in [2.24, 2.45) is 5.92 Å². The van der Waals surface area contributed by atoms with E-state index in [4.69, 9.17) is 0 Å². The van der Waals surface area contributed by atoms with Crippen molar-refractivity contribution in [3.05, 3.63) is 0 Å². The van der Waals surface area contributed by atoms with Crippen LogP contribution in [0.4, 0.5) is 0 Å². The van der Waals surface area contributed by atoms with Crippen molar-refractivity contribution in [2.45, 2.75) is 26.2 Å². The minimum absolute atomic E-state index is 0.212. The van der Waals surface area contributed by atoms with Gasteiger partial charge < -0.3 is 0 Å². The van der Waals surface area contributed by atoms with Crippen molar-refractivity contribution < 1.29 is 13.2 Å².